The second-order valence-corrected chi connectivity index (χ2v) is 4.39. The van der Waals surface area contributed by atoms with Crippen molar-refractivity contribution < 1.29 is 8.78 Å². The minimum Gasteiger partial charge on any atom is -0.299 e. The lowest BCUT2D eigenvalue weighted by atomic mass is 10.2. The van der Waals surface area contributed by atoms with Crippen LogP contribution < -0.4 is 0 Å². The van der Waals surface area contributed by atoms with Crippen LogP contribution in [-0.2, 0) is 6.54 Å². The molecule has 1 nitrogen and oxygen atoms in total. The first-order valence-electron chi connectivity index (χ1n) is 5.92. The molecule has 88 valence electrons. The van der Waals surface area contributed by atoms with Gasteiger partial charge in [-0.25, -0.2) is 8.78 Å². The molecule has 0 aliphatic carbocycles. The van der Waals surface area contributed by atoms with Crippen LogP contribution in [0.25, 0.3) is 0 Å². The van der Waals surface area contributed by atoms with Gasteiger partial charge in [0.05, 0.1) is 0 Å². The van der Waals surface area contributed by atoms with Gasteiger partial charge in [0.2, 0.25) is 0 Å². The molecular weight excluding hydrogens is 208 g/mol. The summed E-state index contributed by atoms with van der Waals surface area (Å²) in [7, 11) is 0. The predicted molar refractivity (Wildman–Crippen MR) is 60.1 cm³/mol. The van der Waals surface area contributed by atoms with E-state index in [1.807, 2.05) is 0 Å². The SMILES string of the molecule is Fc1cccc(F)c1CN1CCCCCC1. The van der Waals surface area contributed by atoms with E-state index < -0.39 is 11.6 Å². The Morgan fingerprint density at radius 1 is 0.938 bits per heavy atom. The van der Waals surface area contributed by atoms with E-state index in [0.717, 1.165) is 25.9 Å². The lowest BCUT2D eigenvalue weighted by molar-refractivity contribution is 0.268. The molecule has 0 spiro atoms. The number of nitrogens with zero attached hydrogens (tertiary/aromatic N) is 1. The molecule has 0 aromatic heterocycles. The van der Waals surface area contributed by atoms with E-state index in [4.69, 9.17) is 0 Å². The molecule has 1 fully saturated rings. The van der Waals surface area contributed by atoms with Crippen LogP contribution in [0, 0.1) is 11.6 Å². The van der Waals surface area contributed by atoms with Gasteiger partial charge in [-0.05, 0) is 38.1 Å². The van der Waals surface area contributed by atoms with Gasteiger partial charge in [0.15, 0.2) is 0 Å². The van der Waals surface area contributed by atoms with Crippen LogP contribution in [0.1, 0.15) is 31.2 Å². The Morgan fingerprint density at radius 2 is 1.50 bits per heavy atom. The summed E-state index contributed by atoms with van der Waals surface area (Å²) in [5.74, 6) is -0.853. The molecule has 1 saturated heterocycles. The van der Waals surface area contributed by atoms with Gasteiger partial charge in [-0.3, -0.25) is 4.90 Å². The van der Waals surface area contributed by atoms with Crippen LogP contribution in [-0.4, -0.2) is 18.0 Å². The van der Waals surface area contributed by atoms with Crippen molar-refractivity contribution in [2.75, 3.05) is 13.1 Å². The van der Waals surface area contributed by atoms with E-state index in [9.17, 15) is 8.78 Å². The van der Waals surface area contributed by atoms with Crippen LogP contribution in [0.4, 0.5) is 8.78 Å². The minimum atomic E-state index is -0.427. The van der Waals surface area contributed by atoms with Crippen molar-refractivity contribution in [3.05, 3.63) is 35.4 Å². The Hall–Kier alpha value is -0.960. The van der Waals surface area contributed by atoms with E-state index in [1.54, 1.807) is 0 Å². The third-order valence-corrected chi connectivity index (χ3v) is 3.14. The number of hydrogen-bond acceptors (Lipinski definition) is 1. The van der Waals surface area contributed by atoms with E-state index in [0.29, 0.717) is 6.54 Å². The predicted octanol–water partition coefficient (Wildman–Crippen LogP) is 3.34. The Morgan fingerprint density at radius 3 is 2.06 bits per heavy atom. The summed E-state index contributed by atoms with van der Waals surface area (Å²) in [6.45, 7) is 2.31. The van der Waals surface area contributed by atoms with Gasteiger partial charge in [-0.15, -0.1) is 0 Å². The molecule has 1 heterocycles. The fourth-order valence-corrected chi connectivity index (χ4v) is 2.20. The maximum Gasteiger partial charge on any atom is 0.130 e. The summed E-state index contributed by atoms with van der Waals surface area (Å²) in [6.07, 6.45) is 4.73. The first-order chi connectivity index (χ1) is 7.77. The zero-order chi connectivity index (χ0) is 11.4. The van der Waals surface area contributed by atoms with E-state index in [1.165, 1.54) is 31.0 Å². The molecule has 3 heteroatoms. The van der Waals surface area contributed by atoms with Crippen molar-refractivity contribution in [2.45, 2.75) is 32.2 Å². The normalized spacial score (nSPS) is 18.4. The summed E-state index contributed by atoms with van der Waals surface area (Å²) in [4.78, 5) is 2.15. The lowest BCUT2D eigenvalue weighted by Crippen LogP contribution is -2.25. The molecule has 2 rings (SSSR count). The average molecular weight is 225 g/mol. The summed E-state index contributed by atoms with van der Waals surface area (Å²) >= 11 is 0. The van der Waals surface area contributed by atoms with Gasteiger partial charge in [0, 0.05) is 12.1 Å². The standard InChI is InChI=1S/C13H17F2N/c14-12-6-5-7-13(15)11(12)10-16-8-3-1-2-4-9-16/h5-7H,1-4,8-10H2. The Kier molecular flexibility index (Phi) is 3.88. The third kappa shape index (κ3) is 2.79. The molecule has 1 aromatic carbocycles. The minimum absolute atomic E-state index is 0.212. The maximum atomic E-state index is 13.4. The molecule has 1 aliphatic rings. The number of hydrogen-bond donors (Lipinski definition) is 0. The van der Waals surface area contributed by atoms with Crippen LogP contribution in [0.2, 0.25) is 0 Å². The quantitative estimate of drug-likeness (QED) is 0.746. The Bertz CT molecular complexity index is 324. The lowest BCUT2D eigenvalue weighted by Gasteiger charge is -2.20. The molecule has 0 radical (unpaired) electrons. The van der Waals surface area contributed by atoms with Crippen molar-refractivity contribution in [2.24, 2.45) is 0 Å². The fourth-order valence-electron chi connectivity index (χ4n) is 2.20. The van der Waals surface area contributed by atoms with Gasteiger partial charge >= 0.3 is 0 Å². The second kappa shape index (κ2) is 5.39. The molecule has 0 unspecified atom stereocenters. The number of halogens is 2. The van der Waals surface area contributed by atoms with Crippen LogP contribution >= 0.6 is 0 Å². The Balaban J connectivity index is 2.07. The molecule has 16 heavy (non-hydrogen) atoms. The van der Waals surface area contributed by atoms with Gasteiger partial charge in [0.1, 0.15) is 11.6 Å². The number of rotatable bonds is 2. The van der Waals surface area contributed by atoms with Crippen molar-refractivity contribution in [3.63, 3.8) is 0 Å². The van der Waals surface area contributed by atoms with Gasteiger partial charge < -0.3 is 0 Å². The topological polar surface area (TPSA) is 3.24 Å². The van der Waals surface area contributed by atoms with Crippen molar-refractivity contribution in [3.8, 4) is 0 Å². The first kappa shape index (κ1) is 11.5. The zero-order valence-corrected chi connectivity index (χ0v) is 9.38. The second-order valence-electron chi connectivity index (χ2n) is 4.39. The molecule has 0 saturated carbocycles. The number of benzene rings is 1. The highest BCUT2D eigenvalue weighted by Gasteiger charge is 2.14. The third-order valence-electron chi connectivity index (χ3n) is 3.14. The molecular formula is C13H17F2N. The maximum absolute atomic E-state index is 13.4. The molecule has 1 aromatic rings. The smallest absolute Gasteiger partial charge is 0.130 e. The summed E-state index contributed by atoms with van der Waals surface area (Å²) in [5.41, 5.74) is 0.212. The zero-order valence-electron chi connectivity index (χ0n) is 9.38. The van der Waals surface area contributed by atoms with Gasteiger partial charge in [-0.2, -0.15) is 0 Å². The summed E-state index contributed by atoms with van der Waals surface area (Å²) in [5, 5.41) is 0. The van der Waals surface area contributed by atoms with Crippen LogP contribution in [0.5, 0.6) is 0 Å². The van der Waals surface area contributed by atoms with Crippen LogP contribution in [0.3, 0.4) is 0 Å². The van der Waals surface area contributed by atoms with Gasteiger partial charge in [0.25, 0.3) is 0 Å². The average Bonchev–Trinajstić information content (AvgIpc) is 2.52. The Labute approximate surface area is 95.1 Å². The van der Waals surface area contributed by atoms with Crippen LogP contribution in [0.15, 0.2) is 18.2 Å². The summed E-state index contributed by atoms with van der Waals surface area (Å²) < 4.78 is 26.9. The molecule has 0 N–H and O–H groups in total. The fraction of sp³-hybridized carbons (Fsp3) is 0.538. The van der Waals surface area contributed by atoms with Gasteiger partial charge in [-0.1, -0.05) is 18.9 Å². The monoisotopic (exact) mass is 225 g/mol. The molecule has 0 bridgehead atoms. The first-order valence-corrected chi connectivity index (χ1v) is 5.92. The molecule has 0 atom stereocenters. The van der Waals surface area contributed by atoms with E-state index >= 15 is 0 Å². The van der Waals surface area contributed by atoms with Crippen molar-refractivity contribution in [1.29, 1.82) is 0 Å². The largest absolute Gasteiger partial charge is 0.299 e. The highest BCUT2D eigenvalue weighted by Crippen LogP contribution is 2.17. The van der Waals surface area contributed by atoms with Crippen molar-refractivity contribution in [1.82, 2.24) is 4.90 Å². The van der Waals surface area contributed by atoms with Crippen molar-refractivity contribution >= 4 is 0 Å². The van der Waals surface area contributed by atoms with E-state index in [-0.39, 0.29) is 5.56 Å². The number of likely N-dealkylation sites (tertiary alicyclic amines) is 1. The highest BCUT2D eigenvalue weighted by atomic mass is 19.1. The summed E-state index contributed by atoms with van der Waals surface area (Å²) in [6, 6.07) is 4.07. The van der Waals surface area contributed by atoms with E-state index in [2.05, 4.69) is 4.90 Å². The molecule has 0 amide bonds. The molecule has 1 aliphatic heterocycles. The highest BCUT2D eigenvalue weighted by molar-refractivity contribution is 5.19.